The lowest BCUT2D eigenvalue weighted by atomic mass is 10.1. The first-order valence-electron chi connectivity index (χ1n) is 5.82. The summed E-state index contributed by atoms with van der Waals surface area (Å²) in [5.41, 5.74) is 0.909. The molecule has 1 aromatic heterocycles. The van der Waals surface area contributed by atoms with Crippen LogP contribution in [0.1, 0.15) is 0 Å². The van der Waals surface area contributed by atoms with E-state index in [1.54, 1.807) is 43.5 Å². The maximum absolute atomic E-state index is 12.5. The van der Waals surface area contributed by atoms with Gasteiger partial charge in [-0.3, -0.25) is 4.79 Å². The molecule has 96 valence electrons. The zero-order chi connectivity index (χ0) is 13.4. The topological polar surface area (TPSA) is 48.7 Å². The van der Waals surface area contributed by atoms with Crippen LogP contribution in [0.3, 0.4) is 0 Å². The quantitative estimate of drug-likeness (QED) is 0.661. The molecular formula is C15H12O4. The van der Waals surface area contributed by atoms with Gasteiger partial charge >= 0.3 is 0 Å². The molecule has 3 aromatic rings. The smallest absolute Gasteiger partial charge is 0.204 e. The highest BCUT2D eigenvalue weighted by Crippen LogP contribution is 2.27. The Balaban J connectivity index is 2.48. The number of rotatable bonds is 2. The van der Waals surface area contributed by atoms with Gasteiger partial charge in [0.2, 0.25) is 5.43 Å². The summed E-state index contributed by atoms with van der Waals surface area (Å²) >= 11 is 0. The molecule has 0 spiro atoms. The van der Waals surface area contributed by atoms with E-state index < -0.39 is 0 Å². The average molecular weight is 256 g/mol. The lowest BCUT2D eigenvalue weighted by Gasteiger charge is -2.06. The molecule has 0 saturated heterocycles. The Hall–Kier alpha value is -2.49. The first kappa shape index (κ1) is 11.6. The van der Waals surface area contributed by atoms with Crippen LogP contribution in [-0.2, 0) is 0 Å². The molecule has 4 nitrogen and oxygen atoms in total. The number of fused-ring (bicyclic) bond motifs is 2. The Morgan fingerprint density at radius 2 is 1.84 bits per heavy atom. The Bertz CT molecular complexity index is 817. The molecule has 0 radical (unpaired) electrons. The van der Waals surface area contributed by atoms with Crippen LogP contribution >= 0.6 is 0 Å². The largest absolute Gasteiger partial charge is 0.497 e. The van der Waals surface area contributed by atoms with E-state index >= 15 is 0 Å². The normalized spacial score (nSPS) is 10.8. The van der Waals surface area contributed by atoms with Crippen molar-refractivity contribution >= 4 is 21.9 Å². The Kier molecular flexibility index (Phi) is 2.63. The van der Waals surface area contributed by atoms with Gasteiger partial charge < -0.3 is 13.9 Å². The minimum atomic E-state index is -0.101. The van der Waals surface area contributed by atoms with Gasteiger partial charge in [-0.15, -0.1) is 0 Å². The highest BCUT2D eigenvalue weighted by molar-refractivity contribution is 5.93. The van der Waals surface area contributed by atoms with Gasteiger partial charge in [0.15, 0.2) is 0 Å². The molecule has 0 bridgehead atoms. The minimum Gasteiger partial charge on any atom is -0.497 e. The summed E-state index contributed by atoms with van der Waals surface area (Å²) in [6.45, 7) is 0. The summed E-state index contributed by atoms with van der Waals surface area (Å²) in [6.07, 6.45) is 0. The lowest BCUT2D eigenvalue weighted by Crippen LogP contribution is -2.04. The van der Waals surface area contributed by atoms with Gasteiger partial charge in [-0.25, -0.2) is 0 Å². The first-order chi connectivity index (χ1) is 9.24. The molecule has 0 unspecified atom stereocenters. The van der Waals surface area contributed by atoms with Crippen molar-refractivity contribution in [2.75, 3.05) is 14.2 Å². The molecule has 0 amide bonds. The van der Waals surface area contributed by atoms with Crippen LogP contribution < -0.4 is 14.9 Å². The molecule has 0 fully saturated rings. The van der Waals surface area contributed by atoms with Crippen molar-refractivity contribution in [3.63, 3.8) is 0 Å². The summed E-state index contributed by atoms with van der Waals surface area (Å²) in [6, 6.07) is 10.4. The molecule has 3 rings (SSSR count). The van der Waals surface area contributed by atoms with Gasteiger partial charge in [-0.2, -0.15) is 0 Å². The second kappa shape index (κ2) is 4.31. The van der Waals surface area contributed by atoms with E-state index in [2.05, 4.69) is 0 Å². The molecule has 0 N–H and O–H groups in total. The summed E-state index contributed by atoms with van der Waals surface area (Å²) in [7, 11) is 3.11. The van der Waals surface area contributed by atoms with Crippen molar-refractivity contribution in [1.29, 1.82) is 0 Å². The number of hydrogen-bond donors (Lipinski definition) is 0. The molecular weight excluding hydrogens is 244 g/mol. The molecule has 0 atom stereocenters. The third-order valence-corrected chi connectivity index (χ3v) is 3.09. The highest BCUT2D eigenvalue weighted by atomic mass is 16.5. The fourth-order valence-corrected chi connectivity index (χ4v) is 2.14. The van der Waals surface area contributed by atoms with Crippen LogP contribution in [0.4, 0.5) is 0 Å². The van der Waals surface area contributed by atoms with Gasteiger partial charge in [0.25, 0.3) is 0 Å². The van der Waals surface area contributed by atoms with E-state index in [-0.39, 0.29) is 5.43 Å². The van der Waals surface area contributed by atoms with Crippen LogP contribution in [0, 0.1) is 0 Å². The predicted molar refractivity (Wildman–Crippen MR) is 73.1 cm³/mol. The third kappa shape index (κ3) is 1.73. The zero-order valence-electron chi connectivity index (χ0n) is 10.6. The van der Waals surface area contributed by atoms with E-state index in [0.29, 0.717) is 33.4 Å². The van der Waals surface area contributed by atoms with Crippen LogP contribution in [0.25, 0.3) is 21.9 Å². The van der Waals surface area contributed by atoms with Gasteiger partial charge in [0, 0.05) is 6.07 Å². The number of methoxy groups -OCH3 is 2. The minimum absolute atomic E-state index is 0.101. The second-order valence-electron chi connectivity index (χ2n) is 4.13. The Morgan fingerprint density at radius 1 is 1.00 bits per heavy atom. The molecule has 0 saturated carbocycles. The molecule has 4 heteroatoms. The fourth-order valence-electron chi connectivity index (χ4n) is 2.14. The summed E-state index contributed by atoms with van der Waals surface area (Å²) in [5, 5.41) is 0.973. The SMILES string of the molecule is COc1ccc2c(=O)c3c(OC)cccc3oc2c1. The van der Waals surface area contributed by atoms with Crippen molar-refractivity contribution in [1.82, 2.24) is 0 Å². The van der Waals surface area contributed by atoms with Crippen molar-refractivity contribution in [2.45, 2.75) is 0 Å². The predicted octanol–water partition coefficient (Wildman–Crippen LogP) is 2.96. The van der Waals surface area contributed by atoms with E-state index in [1.807, 2.05) is 0 Å². The van der Waals surface area contributed by atoms with E-state index in [9.17, 15) is 4.79 Å². The van der Waals surface area contributed by atoms with Crippen LogP contribution in [0.2, 0.25) is 0 Å². The van der Waals surface area contributed by atoms with Crippen molar-refractivity contribution < 1.29 is 13.9 Å². The molecule has 0 aliphatic heterocycles. The van der Waals surface area contributed by atoms with E-state index in [1.165, 1.54) is 7.11 Å². The Morgan fingerprint density at radius 3 is 2.58 bits per heavy atom. The summed E-state index contributed by atoms with van der Waals surface area (Å²) < 4.78 is 16.1. The lowest BCUT2D eigenvalue weighted by molar-refractivity contribution is 0.414. The fraction of sp³-hybridized carbons (Fsp3) is 0.133. The Labute approximate surface area is 109 Å². The van der Waals surface area contributed by atoms with Crippen LogP contribution in [-0.4, -0.2) is 14.2 Å². The van der Waals surface area contributed by atoms with E-state index in [4.69, 9.17) is 13.9 Å². The maximum Gasteiger partial charge on any atom is 0.204 e. The van der Waals surface area contributed by atoms with Gasteiger partial charge in [0.1, 0.15) is 28.1 Å². The van der Waals surface area contributed by atoms with Crippen molar-refractivity contribution in [3.05, 3.63) is 46.6 Å². The number of benzene rings is 2. The molecule has 2 aromatic carbocycles. The number of ether oxygens (including phenoxy) is 2. The van der Waals surface area contributed by atoms with Crippen molar-refractivity contribution in [3.8, 4) is 11.5 Å². The monoisotopic (exact) mass is 256 g/mol. The zero-order valence-corrected chi connectivity index (χ0v) is 10.6. The van der Waals surface area contributed by atoms with Gasteiger partial charge in [0.05, 0.1) is 19.6 Å². The first-order valence-corrected chi connectivity index (χ1v) is 5.82. The standard InChI is InChI=1S/C15H12O4/c1-17-9-6-7-10-13(8-9)19-12-5-3-4-11(18-2)14(12)15(10)16/h3-8H,1-2H3. The second-order valence-corrected chi connectivity index (χ2v) is 4.13. The number of hydrogen-bond acceptors (Lipinski definition) is 4. The van der Waals surface area contributed by atoms with Gasteiger partial charge in [-0.1, -0.05) is 6.07 Å². The van der Waals surface area contributed by atoms with Crippen LogP contribution in [0.5, 0.6) is 11.5 Å². The highest BCUT2D eigenvalue weighted by Gasteiger charge is 2.12. The molecule has 0 aliphatic carbocycles. The summed E-state index contributed by atoms with van der Waals surface area (Å²) in [4.78, 5) is 12.5. The summed E-state index contributed by atoms with van der Waals surface area (Å²) in [5.74, 6) is 1.17. The molecule has 1 heterocycles. The molecule has 0 aliphatic rings. The van der Waals surface area contributed by atoms with Gasteiger partial charge in [-0.05, 0) is 24.3 Å². The van der Waals surface area contributed by atoms with E-state index in [0.717, 1.165) is 0 Å². The van der Waals surface area contributed by atoms with Crippen molar-refractivity contribution in [2.24, 2.45) is 0 Å². The molecule has 19 heavy (non-hydrogen) atoms. The maximum atomic E-state index is 12.5. The third-order valence-electron chi connectivity index (χ3n) is 3.09. The average Bonchev–Trinajstić information content (AvgIpc) is 2.46. The van der Waals surface area contributed by atoms with Crippen LogP contribution in [0.15, 0.2) is 45.6 Å².